The third-order valence-electron chi connectivity index (χ3n) is 6.01. The molecule has 0 aromatic heterocycles. The second-order valence-electron chi connectivity index (χ2n) is 9.64. The summed E-state index contributed by atoms with van der Waals surface area (Å²) in [5.41, 5.74) is 3.09. The van der Waals surface area contributed by atoms with E-state index >= 15 is 0 Å². The van der Waals surface area contributed by atoms with Gasteiger partial charge in [0.1, 0.15) is 5.75 Å². The fourth-order valence-corrected chi connectivity index (χ4v) is 8.11. The molecule has 8 heteroatoms. The van der Waals surface area contributed by atoms with Gasteiger partial charge in [-0.25, -0.2) is 16.8 Å². The van der Waals surface area contributed by atoms with Crippen LogP contribution in [0.15, 0.2) is 41.3 Å². The first-order chi connectivity index (χ1) is 14.7. The molecule has 1 saturated heterocycles. The van der Waals surface area contributed by atoms with Crippen LogP contribution in [0.3, 0.4) is 0 Å². The monoisotopic (exact) mass is 479 g/mol. The Morgan fingerprint density at radius 2 is 1.62 bits per heavy atom. The van der Waals surface area contributed by atoms with E-state index in [0.717, 1.165) is 11.1 Å². The summed E-state index contributed by atoms with van der Waals surface area (Å²) in [4.78, 5) is 0.267. The van der Waals surface area contributed by atoms with Crippen molar-refractivity contribution in [3.05, 3.63) is 58.7 Å². The molecule has 0 spiro atoms. The Morgan fingerprint density at radius 3 is 2.06 bits per heavy atom. The number of methoxy groups -OCH3 is 1. The summed E-state index contributed by atoms with van der Waals surface area (Å²) in [5, 5.41) is 0. The second-order valence-corrected chi connectivity index (χ2v) is 13.7. The molecule has 0 amide bonds. The summed E-state index contributed by atoms with van der Waals surface area (Å²) in [6.45, 7) is 10.0. The van der Waals surface area contributed by atoms with E-state index in [1.807, 2.05) is 38.1 Å². The first-order valence-corrected chi connectivity index (χ1v) is 14.0. The van der Waals surface area contributed by atoms with Crippen molar-refractivity contribution in [2.24, 2.45) is 0 Å². The molecule has 0 saturated carbocycles. The number of hydrogen-bond acceptors (Lipinski definition) is 5. The number of rotatable bonds is 6. The molecule has 2 aromatic rings. The van der Waals surface area contributed by atoms with Crippen LogP contribution in [-0.4, -0.2) is 45.8 Å². The van der Waals surface area contributed by atoms with Crippen LogP contribution in [0, 0.1) is 13.8 Å². The zero-order valence-corrected chi connectivity index (χ0v) is 21.3. The van der Waals surface area contributed by atoms with Gasteiger partial charge >= 0.3 is 0 Å². The fourth-order valence-electron chi connectivity index (χ4n) is 4.23. The average molecular weight is 480 g/mol. The minimum Gasteiger partial charge on any atom is -0.497 e. The van der Waals surface area contributed by atoms with Crippen LogP contribution in [0.4, 0.5) is 0 Å². The summed E-state index contributed by atoms with van der Waals surface area (Å²) in [5.74, 6) is 0.532. The van der Waals surface area contributed by atoms with Gasteiger partial charge in [-0.15, -0.1) is 0 Å². The van der Waals surface area contributed by atoms with Gasteiger partial charge in [-0.3, -0.25) is 0 Å². The van der Waals surface area contributed by atoms with Crippen LogP contribution < -0.4 is 4.74 Å². The molecule has 0 bridgehead atoms. The summed E-state index contributed by atoms with van der Waals surface area (Å²) in [6.07, 6.45) is 0.301. The number of aryl methyl sites for hydroxylation is 2. The lowest BCUT2D eigenvalue weighted by atomic mass is 9.85. The molecule has 3 rings (SSSR count). The second kappa shape index (κ2) is 8.80. The Hall–Kier alpha value is -1.90. The molecule has 6 nitrogen and oxygen atoms in total. The van der Waals surface area contributed by atoms with Crippen LogP contribution in [0.5, 0.6) is 5.75 Å². The van der Waals surface area contributed by atoms with Crippen molar-refractivity contribution >= 4 is 19.9 Å². The van der Waals surface area contributed by atoms with E-state index < -0.39 is 25.9 Å². The highest BCUT2D eigenvalue weighted by molar-refractivity contribution is 7.92. The molecule has 1 unspecified atom stereocenters. The molecule has 1 atom stereocenters. The minimum atomic E-state index is -3.93. The van der Waals surface area contributed by atoms with E-state index in [2.05, 4.69) is 20.8 Å². The summed E-state index contributed by atoms with van der Waals surface area (Å²) in [6, 6.07) is 10.4. The van der Waals surface area contributed by atoms with Crippen molar-refractivity contribution in [2.45, 2.75) is 63.9 Å². The number of nitrogens with zero attached hydrogens (tertiary/aromatic N) is 1. The van der Waals surface area contributed by atoms with E-state index in [1.165, 1.54) is 4.31 Å². The first kappa shape index (κ1) is 24.7. The van der Waals surface area contributed by atoms with Crippen LogP contribution in [-0.2, 0) is 31.8 Å². The largest absolute Gasteiger partial charge is 0.497 e. The normalized spacial score (nSPS) is 18.8. The molecule has 0 radical (unpaired) electrons. The molecular weight excluding hydrogens is 446 g/mol. The standard InChI is InChI=1S/C24H33NO5S2/c1-17-13-20(24(3,4)5)14-18(2)23(17)32(28,29)25(21-11-12-31(26,27)16-21)15-19-7-9-22(30-6)10-8-19/h7-10,13-14,21H,11-12,15-16H2,1-6H3. The summed E-state index contributed by atoms with van der Waals surface area (Å²) < 4.78 is 58.9. The SMILES string of the molecule is COc1ccc(CN(C2CCS(=O)(=O)C2)S(=O)(=O)c2c(C)cc(C(C)(C)C)cc2C)cc1. The zero-order chi connectivity index (χ0) is 23.9. The van der Waals surface area contributed by atoms with Gasteiger partial charge in [0.05, 0.1) is 23.5 Å². The molecular formula is C24H33NO5S2. The number of hydrogen-bond donors (Lipinski definition) is 0. The van der Waals surface area contributed by atoms with Gasteiger partial charge in [0.25, 0.3) is 0 Å². The Kier molecular flexibility index (Phi) is 6.80. The zero-order valence-electron chi connectivity index (χ0n) is 19.7. The highest BCUT2D eigenvalue weighted by atomic mass is 32.2. The molecule has 2 aromatic carbocycles. The average Bonchev–Trinajstić information content (AvgIpc) is 3.04. The van der Waals surface area contributed by atoms with E-state index in [-0.39, 0.29) is 28.4 Å². The lowest BCUT2D eigenvalue weighted by Gasteiger charge is -2.30. The van der Waals surface area contributed by atoms with Crippen molar-refractivity contribution in [2.75, 3.05) is 18.6 Å². The third-order valence-corrected chi connectivity index (χ3v) is 9.96. The van der Waals surface area contributed by atoms with Crippen molar-refractivity contribution < 1.29 is 21.6 Å². The summed E-state index contributed by atoms with van der Waals surface area (Å²) >= 11 is 0. The molecule has 32 heavy (non-hydrogen) atoms. The van der Waals surface area contributed by atoms with Gasteiger partial charge in [-0.2, -0.15) is 4.31 Å². The molecule has 1 heterocycles. The Bertz CT molecular complexity index is 1170. The topological polar surface area (TPSA) is 80.8 Å². The van der Waals surface area contributed by atoms with Crippen LogP contribution >= 0.6 is 0 Å². The Morgan fingerprint density at radius 1 is 1.06 bits per heavy atom. The van der Waals surface area contributed by atoms with Crippen molar-refractivity contribution in [1.29, 1.82) is 0 Å². The van der Waals surface area contributed by atoms with E-state index in [0.29, 0.717) is 23.3 Å². The van der Waals surface area contributed by atoms with Gasteiger partial charge in [0.15, 0.2) is 9.84 Å². The van der Waals surface area contributed by atoms with Crippen molar-refractivity contribution in [3.8, 4) is 5.75 Å². The molecule has 1 fully saturated rings. The Labute approximate surface area is 192 Å². The first-order valence-electron chi connectivity index (χ1n) is 10.7. The maximum absolute atomic E-state index is 14.0. The maximum atomic E-state index is 14.0. The van der Waals surface area contributed by atoms with Crippen LogP contribution in [0.25, 0.3) is 0 Å². The third kappa shape index (κ3) is 5.18. The van der Waals surface area contributed by atoms with Gasteiger partial charge < -0.3 is 4.74 Å². The van der Waals surface area contributed by atoms with Crippen LogP contribution in [0.1, 0.15) is 49.4 Å². The summed E-state index contributed by atoms with van der Waals surface area (Å²) in [7, 11) is -5.62. The van der Waals surface area contributed by atoms with E-state index in [4.69, 9.17) is 4.74 Å². The quantitative estimate of drug-likeness (QED) is 0.626. The van der Waals surface area contributed by atoms with Crippen molar-refractivity contribution in [1.82, 2.24) is 4.31 Å². The molecule has 1 aliphatic heterocycles. The molecule has 0 N–H and O–H groups in total. The van der Waals surface area contributed by atoms with Crippen molar-refractivity contribution in [3.63, 3.8) is 0 Å². The predicted molar refractivity (Wildman–Crippen MR) is 127 cm³/mol. The smallest absolute Gasteiger partial charge is 0.244 e. The van der Waals surface area contributed by atoms with Gasteiger partial charge in [0.2, 0.25) is 10.0 Å². The van der Waals surface area contributed by atoms with Gasteiger partial charge in [-0.05, 0) is 60.1 Å². The molecule has 0 aliphatic carbocycles. The number of sulfone groups is 1. The lowest BCUT2D eigenvalue weighted by Crippen LogP contribution is -2.41. The van der Waals surface area contributed by atoms with Gasteiger partial charge in [0, 0.05) is 12.6 Å². The van der Waals surface area contributed by atoms with Crippen LogP contribution in [0.2, 0.25) is 0 Å². The highest BCUT2D eigenvalue weighted by Gasteiger charge is 2.40. The lowest BCUT2D eigenvalue weighted by molar-refractivity contribution is 0.333. The number of ether oxygens (including phenoxy) is 1. The molecule has 1 aliphatic rings. The number of sulfonamides is 1. The Balaban J connectivity index is 2.08. The van der Waals surface area contributed by atoms with E-state index in [1.54, 1.807) is 19.2 Å². The van der Waals surface area contributed by atoms with E-state index in [9.17, 15) is 16.8 Å². The highest BCUT2D eigenvalue weighted by Crippen LogP contribution is 2.34. The van der Waals surface area contributed by atoms with Gasteiger partial charge in [-0.1, -0.05) is 45.0 Å². The molecule has 176 valence electrons. The number of benzene rings is 2. The predicted octanol–water partition coefficient (Wildman–Crippen LogP) is 3.99. The maximum Gasteiger partial charge on any atom is 0.244 e. The minimum absolute atomic E-state index is 0.00717. The fraction of sp³-hybridized carbons (Fsp3) is 0.500.